The van der Waals surface area contributed by atoms with Gasteiger partial charge in [-0.25, -0.2) is 8.42 Å². The van der Waals surface area contributed by atoms with Crippen LogP contribution < -0.4 is 28.6 Å². The lowest BCUT2D eigenvalue weighted by molar-refractivity contribution is -0.139. The zero-order valence-electron chi connectivity index (χ0n) is 27.0. The van der Waals surface area contributed by atoms with Crippen LogP contribution in [0.3, 0.4) is 0 Å². The quantitative estimate of drug-likeness (QED) is 0.264. The second-order valence-electron chi connectivity index (χ2n) is 11.1. The highest BCUT2D eigenvalue weighted by molar-refractivity contribution is 7.92. The van der Waals surface area contributed by atoms with E-state index >= 15 is 0 Å². The Kier molecular flexibility index (Phi) is 11.8. The molecule has 248 valence electrons. The number of benzene rings is 3. The van der Waals surface area contributed by atoms with Crippen molar-refractivity contribution in [2.75, 3.05) is 39.3 Å². The van der Waals surface area contributed by atoms with Crippen molar-refractivity contribution in [2.24, 2.45) is 0 Å². The summed E-state index contributed by atoms with van der Waals surface area (Å²) in [5.74, 6) is 0.238. The number of carbonyl (C=O) groups excluding carboxylic acids is 2. The van der Waals surface area contributed by atoms with Crippen molar-refractivity contribution in [3.8, 4) is 23.0 Å². The van der Waals surface area contributed by atoms with Crippen molar-refractivity contribution < 1.29 is 37.0 Å². The second kappa shape index (κ2) is 15.7. The topological polar surface area (TPSA) is 124 Å². The van der Waals surface area contributed by atoms with E-state index in [2.05, 4.69) is 5.32 Å². The number of hydrogen-bond acceptors (Lipinski definition) is 8. The molecule has 0 spiro atoms. The van der Waals surface area contributed by atoms with Crippen LogP contribution in [0.5, 0.6) is 23.0 Å². The summed E-state index contributed by atoms with van der Waals surface area (Å²) in [6.45, 7) is 1.13. The van der Waals surface area contributed by atoms with E-state index in [0.717, 1.165) is 42.0 Å². The minimum absolute atomic E-state index is 0.0420. The largest absolute Gasteiger partial charge is 0.497 e. The number of rotatable bonds is 14. The number of ether oxygens (including phenoxy) is 4. The summed E-state index contributed by atoms with van der Waals surface area (Å²) in [5.41, 5.74) is 0.880. The fourth-order valence-electron chi connectivity index (χ4n) is 5.54. The van der Waals surface area contributed by atoms with E-state index in [1.807, 2.05) is 30.3 Å². The molecule has 0 aliphatic heterocycles. The lowest BCUT2D eigenvalue weighted by Crippen LogP contribution is -2.53. The van der Waals surface area contributed by atoms with Gasteiger partial charge in [-0.05, 0) is 49.6 Å². The van der Waals surface area contributed by atoms with E-state index in [1.54, 1.807) is 19.1 Å². The molecule has 1 aliphatic rings. The third-order valence-electron chi connectivity index (χ3n) is 8.19. The molecule has 3 aromatic rings. The van der Waals surface area contributed by atoms with Crippen LogP contribution in [0.25, 0.3) is 0 Å². The average Bonchev–Trinajstić information content (AvgIpc) is 3.09. The smallest absolute Gasteiger partial charge is 0.265 e. The van der Waals surface area contributed by atoms with Crippen LogP contribution in [0.2, 0.25) is 0 Å². The average molecular weight is 654 g/mol. The van der Waals surface area contributed by atoms with Crippen molar-refractivity contribution in [2.45, 2.75) is 62.6 Å². The van der Waals surface area contributed by atoms with E-state index in [1.165, 1.54) is 57.6 Å². The van der Waals surface area contributed by atoms with Crippen molar-refractivity contribution in [3.05, 3.63) is 72.3 Å². The first-order valence-corrected chi connectivity index (χ1v) is 16.7. The predicted octanol–water partition coefficient (Wildman–Crippen LogP) is 4.78. The summed E-state index contributed by atoms with van der Waals surface area (Å²) in [6, 6.07) is 17.3. The normalized spacial score (nSPS) is 14.1. The third-order valence-corrected chi connectivity index (χ3v) is 9.95. The summed E-state index contributed by atoms with van der Waals surface area (Å²) in [4.78, 5) is 29.2. The van der Waals surface area contributed by atoms with Crippen molar-refractivity contribution in [1.82, 2.24) is 10.2 Å². The molecule has 2 amide bonds. The minimum Gasteiger partial charge on any atom is -0.497 e. The summed E-state index contributed by atoms with van der Waals surface area (Å²) in [5, 5.41) is 3.11. The van der Waals surface area contributed by atoms with Crippen molar-refractivity contribution in [1.29, 1.82) is 0 Å². The Morgan fingerprint density at radius 3 is 2.11 bits per heavy atom. The summed E-state index contributed by atoms with van der Waals surface area (Å²) >= 11 is 0. The summed E-state index contributed by atoms with van der Waals surface area (Å²) in [6.07, 6.45) is 4.99. The molecule has 11 nitrogen and oxygen atoms in total. The zero-order chi connectivity index (χ0) is 33.3. The second-order valence-corrected chi connectivity index (χ2v) is 13.0. The molecule has 0 heterocycles. The van der Waals surface area contributed by atoms with Gasteiger partial charge in [0.15, 0.2) is 11.5 Å². The molecule has 0 unspecified atom stereocenters. The van der Waals surface area contributed by atoms with Gasteiger partial charge in [0.25, 0.3) is 10.0 Å². The van der Waals surface area contributed by atoms with Gasteiger partial charge in [0.1, 0.15) is 24.1 Å². The van der Waals surface area contributed by atoms with Crippen molar-refractivity contribution >= 4 is 27.5 Å². The zero-order valence-corrected chi connectivity index (χ0v) is 27.8. The molecular weight excluding hydrogens is 610 g/mol. The van der Waals surface area contributed by atoms with Gasteiger partial charge in [-0.15, -0.1) is 0 Å². The molecule has 3 aromatic carbocycles. The Morgan fingerprint density at radius 2 is 1.48 bits per heavy atom. The van der Waals surface area contributed by atoms with Crippen molar-refractivity contribution in [3.63, 3.8) is 0 Å². The van der Waals surface area contributed by atoms with E-state index in [4.69, 9.17) is 18.9 Å². The van der Waals surface area contributed by atoms with Gasteiger partial charge < -0.3 is 29.2 Å². The maximum absolute atomic E-state index is 14.4. The van der Waals surface area contributed by atoms with Crippen LogP contribution in [0.1, 0.15) is 44.6 Å². The summed E-state index contributed by atoms with van der Waals surface area (Å²) < 4.78 is 51.5. The molecule has 1 atom stereocenters. The number of sulfonamides is 1. The van der Waals surface area contributed by atoms with Gasteiger partial charge in [-0.3, -0.25) is 13.9 Å². The Balaban J connectivity index is 1.77. The van der Waals surface area contributed by atoms with E-state index in [-0.39, 0.29) is 40.6 Å². The SMILES string of the molecule is COc1ccc(OC)c(N(CC(=O)N(Cc2ccccc2)[C@H](C)C(=O)NC2CCCCC2)S(=O)(=O)c2ccc(OC)c(OC)c2)c1. The molecule has 0 radical (unpaired) electrons. The predicted molar refractivity (Wildman–Crippen MR) is 175 cm³/mol. The number of nitrogens with one attached hydrogen (secondary N) is 1. The highest BCUT2D eigenvalue weighted by Gasteiger charge is 2.35. The molecule has 12 heteroatoms. The number of methoxy groups -OCH3 is 4. The van der Waals surface area contributed by atoms with Crippen LogP contribution in [0.4, 0.5) is 5.69 Å². The molecule has 4 rings (SSSR count). The lowest BCUT2D eigenvalue weighted by Gasteiger charge is -2.33. The summed E-state index contributed by atoms with van der Waals surface area (Å²) in [7, 11) is 1.30. The highest BCUT2D eigenvalue weighted by atomic mass is 32.2. The molecule has 1 aliphatic carbocycles. The molecule has 0 bridgehead atoms. The first kappa shape index (κ1) is 34.4. The standard InChI is InChI=1S/C34H43N3O8S/c1-24(34(39)35-26-14-10-7-11-15-26)36(22-25-12-8-6-9-13-25)33(38)23-37(29-20-27(42-2)16-18-30(29)43-3)46(40,41)28-17-19-31(44-4)32(21-28)45-5/h6,8-9,12-13,16-21,24,26H,7,10-11,14-15,22-23H2,1-5H3,(H,35,39)/t24-/m1/s1. The fraction of sp³-hybridized carbons (Fsp3) is 0.412. The van der Waals surface area contributed by atoms with Crippen LogP contribution >= 0.6 is 0 Å². The molecule has 0 aromatic heterocycles. The van der Waals surface area contributed by atoms with E-state index in [0.29, 0.717) is 11.5 Å². The maximum Gasteiger partial charge on any atom is 0.265 e. The van der Waals surface area contributed by atoms with Gasteiger partial charge in [-0.1, -0.05) is 49.6 Å². The Bertz CT molecular complexity index is 1590. The van der Waals surface area contributed by atoms with Gasteiger partial charge in [0, 0.05) is 24.7 Å². The monoisotopic (exact) mass is 653 g/mol. The molecule has 0 saturated heterocycles. The number of anilines is 1. The van der Waals surface area contributed by atoms with Crippen LogP contribution in [0.15, 0.2) is 71.6 Å². The molecule has 1 saturated carbocycles. The van der Waals surface area contributed by atoms with Gasteiger partial charge >= 0.3 is 0 Å². The highest BCUT2D eigenvalue weighted by Crippen LogP contribution is 2.38. The maximum atomic E-state index is 14.4. The Labute approximate surface area is 271 Å². The van der Waals surface area contributed by atoms with E-state index in [9.17, 15) is 18.0 Å². The van der Waals surface area contributed by atoms with Gasteiger partial charge in [0.05, 0.1) is 39.0 Å². The van der Waals surface area contributed by atoms with Gasteiger partial charge in [-0.2, -0.15) is 0 Å². The number of hydrogen-bond donors (Lipinski definition) is 1. The van der Waals surface area contributed by atoms with E-state index < -0.39 is 28.5 Å². The lowest BCUT2D eigenvalue weighted by atomic mass is 9.95. The first-order chi connectivity index (χ1) is 22.1. The Hall–Kier alpha value is -4.45. The first-order valence-electron chi connectivity index (χ1n) is 15.2. The van der Waals surface area contributed by atoms with Crippen LogP contribution in [0, 0.1) is 0 Å². The minimum atomic E-state index is -4.43. The van der Waals surface area contributed by atoms with Crippen LogP contribution in [-0.2, 0) is 26.2 Å². The molecular formula is C34H43N3O8S. The molecule has 46 heavy (non-hydrogen) atoms. The number of nitrogens with zero attached hydrogens (tertiary/aromatic N) is 2. The molecule has 1 N–H and O–H groups in total. The van der Waals surface area contributed by atoms with Gasteiger partial charge in [0.2, 0.25) is 11.8 Å². The number of carbonyl (C=O) groups is 2. The Morgan fingerprint density at radius 1 is 0.826 bits per heavy atom. The van der Waals surface area contributed by atoms with Crippen LogP contribution in [-0.4, -0.2) is 72.2 Å². The number of amides is 2. The molecule has 1 fully saturated rings. The fourth-order valence-corrected chi connectivity index (χ4v) is 6.97. The third kappa shape index (κ3) is 8.03.